The number of benzene rings is 1. The van der Waals surface area contributed by atoms with E-state index >= 15 is 0 Å². The molecule has 7 nitrogen and oxygen atoms in total. The molecule has 1 aliphatic rings. The molecule has 1 aromatic carbocycles. The van der Waals surface area contributed by atoms with Crippen LogP contribution in [0.5, 0.6) is 0 Å². The third kappa shape index (κ3) is 3.18. The van der Waals surface area contributed by atoms with E-state index in [9.17, 15) is 13.2 Å². The van der Waals surface area contributed by atoms with Crippen molar-refractivity contribution in [2.45, 2.75) is 6.42 Å². The van der Waals surface area contributed by atoms with Crippen LogP contribution < -0.4 is 5.32 Å². The number of sulfonamides is 1. The predicted octanol–water partition coefficient (Wildman–Crippen LogP) is 0.846. The number of rotatable bonds is 4. The first-order valence-electron chi connectivity index (χ1n) is 6.92. The van der Waals surface area contributed by atoms with Gasteiger partial charge in [0.05, 0.1) is 36.1 Å². The van der Waals surface area contributed by atoms with Crippen LogP contribution in [0.2, 0.25) is 0 Å². The summed E-state index contributed by atoms with van der Waals surface area (Å²) in [6.07, 6.45) is 3.79. The van der Waals surface area contributed by atoms with Crippen molar-refractivity contribution < 1.29 is 13.2 Å². The van der Waals surface area contributed by atoms with Gasteiger partial charge in [0.25, 0.3) is 0 Å². The standard InChI is InChI=1S/C14H16N4O3S/c19-14(11-17-7-4-8-22(17,20)21)16-12-9-15-18(10-12)13-5-2-1-3-6-13/h1-3,5-6,9-10H,4,7-8,11H2,(H,16,19). The van der Waals surface area contributed by atoms with Gasteiger partial charge < -0.3 is 5.32 Å². The van der Waals surface area contributed by atoms with E-state index in [2.05, 4.69) is 10.4 Å². The highest BCUT2D eigenvalue weighted by atomic mass is 32.2. The molecule has 0 unspecified atom stereocenters. The van der Waals surface area contributed by atoms with Gasteiger partial charge in [-0.25, -0.2) is 13.1 Å². The number of carbonyl (C=O) groups is 1. The molecule has 1 amide bonds. The minimum Gasteiger partial charge on any atom is -0.322 e. The summed E-state index contributed by atoms with van der Waals surface area (Å²) in [5, 5.41) is 6.84. The summed E-state index contributed by atoms with van der Waals surface area (Å²) in [7, 11) is -3.26. The molecule has 0 bridgehead atoms. The molecule has 22 heavy (non-hydrogen) atoms. The highest BCUT2D eigenvalue weighted by Crippen LogP contribution is 2.14. The maximum absolute atomic E-state index is 11.9. The Bertz CT molecular complexity index is 770. The van der Waals surface area contributed by atoms with Crippen LogP contribution in [0.15, 0.2) is 42.7 Å². The lowest BCUT2D eigenvalue weighted by molar-refractivity contribution is -0.116. The fourth-order valence-corrected chi connectivity index (χ4v) is 3.81. The molecule has 0 atom stereocenters. The Morgan fingerprint density at radius 1 is 1.27 bits per heavy atom. The second-order valence-electron chi connectivity index (χ2n) is 5.06. The van der Waals surface area contributed by atoms with Crippen molar-refractivity contribution in [1.82, 2.24) is 14.1 Å². The van der Waals surface area contributed by atoms with E-state index < -0.39 is 10.0 Å². The van der Waals surface area contributed by atoms with Gasteiger partial charge >= 0.3 is 0 Å². The SMILES string of the molecule is O=C(CN1CCCS1(=O)=O)Nc1cnn(-c2ccccc2)c1. The van der Waals surface area contributed by atoms with Gasteiger partial charge in [0.2, 0.25) is 15.9 Å². The molecular weight excluding hydrogens is 304 g/mol. The molecule has 1 saturated heterocycles. The van der Waals surface area contributed by atoms with Gasteiger partial charge in [-0.1, -0.05) is 18.2 Å². The maximum Gasteiger partial charge on any atom is 0.239 e. The average Bonchev–Trinajstić information content (AvgIpc) is 3.07. The number of nitrogens with zero attached hydrogens (tertiary/aromatic N) is 3. The average molecular weight is 320 g/mol. The Labute approximate surface area is 128 Å². The van der Waals surface area contributed by atoms with Crippen LogP contribution in [0.3, 0.4) is 0 Å². The van der Waals surface area contributed by atoms with Gasteiger partial charge in [-0.2, -0.15) is 9.40 Å². The zero-order valence-electron chi connectivity index (χ0n) is 11.8. The maximum atomic E-state index is 11.9. The number of nitrogens with one attached hydrogen (secondary N) is 1. The van der Waals surface area contributed by atoms with Gasteiger partial charge in [0.15, 0.2) is 0 Å². The number of aromatic nitrogens is 2. The summed E-state index contributed by atoms with van der Waals surface area (Å²) in [5.74, 6) is -0.246. The van der Waals surface area contributed by atoms with Crippen LogP contribution in [0.4, 0.5) is 5.69 Å². The van der Waals surface area contributed by atoms with E-state index in [1.54, 1.807) is 10.9 Å². The second kappa shape index (κ2) is 5.90. The molecule has 0 saturated carbocycles. The molecule has 0 aliphatic carbocycles. The number of amides is 1. The first-order chi connectivity index (χ1) is 10.5. The molecule has 0 spiro atoms. The molecule has 2 heterocycles. The Kier molecular flexibility index (Phi) is 3.95. The third-order valence-electron chi connectivity index (χ3n) is 3.41. The molecule has 1 N–H and O–H groups in total. The Balaban J connectivity index is 1.64. The topological polar surface area (TPSA) is 84.3 Å². The van der Waals surface area contributed by atoms with Crippen LogP contribution in [-0.4, -0.2) is 47.3 Å². The van der Waals surface area contributed by atoms with Crippen LogP contribution in [0.25, 0.3) is 5.69 Å². The van der Waals surface area contributed by atoms with Gasteiger partial charge in [-0.3, -0.25) is 4.79 Å². The Morgan fingerprint density at radius 2 is 2.05 bits per heavy atom. The second-order valence-corrected chi connectivity index (χ2v) is 7.15. The van der Waals surface area contributed by atoms with E-state index in [0.717, 1.165) is 5.69 Å². The fourth-order valence-electron chi connectivity index (χ4n) is 2.34. The third-order valence-corrected chi connectivity index (χ3v) is 5.31. The van der Waals surface area contributed by atoms with Gasteiger partial charge in [-0.15, -0.1) is 0 Å². The van der Waals surface area contributed by atoms with E-state index in [4.69, 9.17) is 0 Å². The number of anilines is 1. The van der Waals surface area contributed by atoms with Crippen molar-refractivity contribution in [3.8, 4) is 5.69 Å². The lowest BCUT2D eigenvalue weighted by atomic mass is 10.3. The summed E-state index contributed by atoms with van der Waals surface area (Å²) < 4.78 is 26.2. The van der Waals surface area contributed by atoms with Crippen LogP contribution in [-0.2, 0) is 14.8 Å². The summed E-state index contributed by atoms with van der Waals surface area (Å²) >= 11 is 0. The molecular formula is C14H16N4O3S. The summed E-state index contributed by atoms with van der Waals surface area (Å²) in [6.45, 7) is 0.248. The van der Waals surface area contributed by atoms with E-state index in [0.29, 0.717) is 18.7 Å². The van der Waals surface area contributed by atoms with Crippen molar-refractivity contribution in [1.29, 1.82) is 0 Å². The van der Waals surface area contributed by atoms with Crippen molar-refractivity contribution >= 4 is 21.6 Å². The van der Waals surface area contributed by atoms with Crippen molar-refractivity contribution in [2.75, 3.05) is 24.2 Å². The molecule has 8 heteroatoms. The smallest absolute Gasteiger partial charge is 0.239 e. The number of para-hydroxylation sites is 1. The van der Waals surface area contributed by atoms with Gasteiger partial charge in [-0.05, 0) is 18.6 Å². The normalized spacial score (nSPS) is 17.5. The zero-order valence-corrected chi connectivity index (χ0v) is 12.7. The fraction of sp³-hybridized carbons (Fsp3) is 0.286. The summed E-state index contributed by atoms with van der Waals surface area (Å²) in [6, 6.07) is 9.50. The first-order valence-corrected chi connectivity index (χ1v) is 8.53. The molecule has 0 radical (unpaired) electrons. The van der Waals surface area contributed by atoms with Crippen LogP contribution >= 0.6 is 0 Å². The number of carbonyl (C=O) groups excluding carboxylic acids is 1. The molecule has 1 aromatic heterocycles. The highest BCUT2D eigenvalue weighted by molar-refractivity contribution is 7.89. The van der Waals surface area contributed by atoms with Gasteiger partial charge in [0.1, 0.15) is 0 Å². The van der Waals surface area contributed by atoms with E-state index in [-0.39, 0.29) is 18.2 Å². The summed E-state index contributed by atoms with van der Waals surface area (Å²) in [5.41, 5.74) is 1.41. The largest absolute Gasteiger partial charge is 0.322 e. The molecule has 1 fully saturated rings. The van der Waals surface area contributed by atoms with Crippen LogP contribution in [0, 0.1) is 0 Å². The lowest BCUT2D eigenvalue weighted by Crippen LogP contribution is -2.34. The van der Waals surface area contributed by atoms with E-state index in [1.807, 2.05) is 30.3 Å². The first kappa shape index (κ1) is 14.7. The lowest BCUT2D eigenvalue weighted by Gasteiger charge is -2.13. The highest BCUT2D eigenvalue weighted by Gasteiger charge is 2.29. The van der Waals surface area contributed by atoms with Crippen molar-refractivity contribution in [3.63, 3.8) is 0 Å². The summed E-state index contributed by atoms with van der Waals surface area (Å²) in [4.78, 5) is 11.9. The Hall–Kier alpha value is -2.19. The van der Waals surface area contributed by atoms with Crippen molar-refractivity contribution in [3.05, 3.63) is 42.7 Å². The quantitative estimate of drug-likeness (QED) is 0.905. The van der Waals surface area contributed by atoms with Gasteiger partial charge in [0, 0.05) is 6.54 Å². The predicted molar refractivity (Wildman–Crippen MR) is 82.2 cm³/mol. The minimum atomic E-state index is -3.26. The zero-order chi connectivity index (χ0) is 15.6. The van der Waals surface area contributed by atoms with Crippen molar-refractivity contribution in [2.24, 2.45) is 0 Å². The monoisotopic (exact) mass is 320 g/mol. The molecule has 116 valence electrons. The molecule has 2 aromatic rings. The van der Waals surface area contributed by atoms with Crippen LogP contribution in [0.1, 0.15) is 6.42 Å². The minimum absolute atomic E-state index is 0.117. The number of hydrogen-bond donors (Lipinski definition) is 1. The Morgan fingerprint density at radius 3 is 2.73 bits per heavy atom. The van der Waals surface area contributed by atoms with E-state index in [1.165, 1.54) is 10.5 Å². The number of hydrogen-bond acceptors (Lipinski definition) is 4. The molecule has 3 rings (SSSR count). The molecule has 1 aliphatic heterocycles.